The Morgan fingerprint density at radius 2 is 2.00 bits per heavy atom. The van der Waals surface area contributed by atoms with Gasteiger partial charge in [-0.25, -0.2) is 5.01 Å². The number of hydrogen-bond acceptors (Lipinski definition) is 4. The number of hydrogen-bond donors (Lipinski definition) is 0. The minimum atomic E-state index is -0.00897. The Labute approximate surface area is 161 Å². The first-order chi connectivity index (χ1) is 12.6. The Kier molecular flexibility index (Phi) is 4.70. The van der Waals surface area contributed by atoms with Crippen LogP contribution in [0, 0.1) is 13.8 Å². The molecule has 3 aromatic heterocycles. The number of aryl methyl sites for hydroxylation is 1. The van der Waals surface area contributed by atoms with Gasteiger partial charge in [0.15, 0.2) is 11.9 Å². The van der Waals surface area contributed by atoms with Gasteiger partial charge in [-0.2, -0.15) is 9.67 Å². The van der Waals surface area contributed by atoms with E-state index < -0.39 is 0 Å². The number of carbonyl (C=O) groups is 1. The predicted octanol–water partition coefficient (Wildman–Crippen LogP) is 4.09. The zero-order valence-corrected chi connectivity index (χ0v) is 16.4. The molecule has 4 heterocycles. The summed E-state index contributed by atoms with van der Waals surface area (Å²) in [5, 5.41) is 10.5. The van der Waals surface area contributed by atoms with Crippen LogP contribution in [-0.4, -0.2) is 16.6 Å². The minimum absolute atomic E-state index is 0.00897. The van der Waals surface area contributed by atoms with Crippen molar-refractivity contribution in [3.8, 4) is 0 Å². The van der Waals surface area contributed by atoms with Crippen molar-refractivity contribution in [2.75, 3.05) is 0 Å². The average Bonchev–Trinajstić information content (AvgIpc) is 3.39. The molecule has 4 rings (SSSR count). The molecule has 0 unspecified atom stereocenters. The van der Waals surface area contributed by atoms with Crippen molar-refractivity contribution in [1.82, 2.24) is 5.01 Å². The van der Waals surface area contributed by atoms with E-state index in [1.165, 1.54) is 10.4 Å². The monoisotopic (exact) mass is 382 g/mol. The van der Waals surface area contributed by atoms with Crippen molar-refractivity contribution in [2.24, 2.45) is 5.10 Å². The van der Waals surface area contributed by atoms with Gasteiger partial charge in [0.05, 0.1) is 16.6 Å². The molecular formula is C20H20N3OS2+. The molecule has 0 aliphatic carbocycles. The molecule has 26 heavy (non-hydrogen) atoms. The predicted molar refractivity (Wildman–Crippen MR) is 105 cm³/mol. The van der Waals surface area contributed by atoms with E-state index in [0.29, 0.717) is 6.54 Å². The summed E-state index contributed by atoms with van der Waals surface area (Å²) in [6.07, 6.45) is 2.73. The second kappa shape index (κ2) is 7.13. The zero-order chi connectivity index (χ0) is 18.1. The molecule has 1 aliphatic rings. The number of nitrogens with zero attached hydrogens (tertiary/aromatic N) is 3. The summed E-state index contributed by atoms with van der Waals surface area (Å²) in [6, 6.07) is 12.3. The molecular weight excluding hydrogens is 362 g/mol. The van der Waals surface area contributed by atoms with Gasteiger partial charge in [0.1, 0.15) is 0 Å². The minimum Gasteiger partial charge on any atom is -0.265 e. The lowest BCUT2D eigenvalue weighted by Gasteiger charge is -2.19. The lowest BCUT2D eigenvalue weighted by Crippen LogP contribution is -2.45. The molecule has 0 bridgehead atoms. The summed E-state index contributed by atoms with van der Waals surface area (Å²) in [5.41, 5.74) is 3.28. The van der Waals surface area contributed by atoms with Crippen LogP contribution in [0.5, 0.6) is 0 Å². The summed E-state index contributed by atoms with van der Waals surface area (Å²) in [7, 11) is 0. The highest BCUT2D eigenvalue weighted by atomic mass is 32.1. The maximum atomic E-state index is 13.1. The summed E-state index contributed by atoms with van der Waals surface area (Å²) in [4.78, 5) is 15.4. The first-order valence-corrected chi connectivity index (χ1v) is 10.3. The van der Waals surface area contributed by atoms with Crippen molar-refractivity contribution >= 4 is 34.3 Å². The first kappa shape index (κ1) is 17.1. The van der Waals surface area contributed by atoms with Crippen LogP contribution in [0.2, 0.25) is 0 Å². The van der Waals surface area contributed by atoms with Gasteiger partial charge in [0.2, 0.25) is 6.54 Å². The van der Waals surface area contributed by atoms with Gasteiger partial charge in [0, 0.05) is 29.9 Å². The molecule has 132 valence electrons. The first-order valence-electron chi connectivity index (χ1n) is 8.56. The third kappa shape index (κ3) is 3.22. The molecule has 3 aromatic rings. The Bertz CT molecular complexity index is 946. The van der Waals surface area contributed by atoms with Crippen LogP contribution in [0.25, 0.3) is 0 Å². The standard InChI is InChI=1S/C20H20N3OS2/c1-14-6-3-9-22(15(14)2)13-20(24)23-17(19-8-5-11-26-19)12-16(21-23)18-7-4-10-25-18/h3-11,17H,12-13H2,1-2H3/q+1/t17-/m1/s1. The van der Waals surface area contributed by atoms with Crippen LogP contribution >= 0.6 is 22.7 Å². The molecule has 0 fully saturated rings. The highest BCUT2D eigenvalue weighted by Gasteiger charge is 2.35. The summed E-state index contributed by atoms with van der Waals surface area (Å²) < 4.78 is 2.00. The van der Waals surface area contributed by atoms with Crippen molar-refractivity contribution in [1.29, 1.82) is 0 Å². The smallest absolute Gasteiger partial charge is 0.265 e. The lowest BCUT2D eigenvalue weighted by atomic mass is 10.1. The fourth-order valence-corrected chi connectivity index (χ4v) is 4.71. The normalized spacial score (nSPS) is 16.8. The van der Waals surface area contributed by atoms with Crippen molar-refractivity contribution in [2.45, 2.75) is 32.9 Å². The third-order valence-electron chi connectivity index (χ3n) is 4.76. The molecule has 0 radical (unpaired) electrons. The molecule has 4 nitrogen and oxygen atoms in total. The molecule has 6 heteroatoms. The van der Waals surface area contributed by atoms with Crippen LogP contribution in [0.4, 0.5) is 0 Å². The molecule has 1 amide bonds. The van der Waals surface area contributed by atoms with E-state index in [0.717, 1.165) is 22.7 Å². The van der Waals surface area contributed by atoms with Gasteiger partial charge in [0.25, 0.3) is 0 Å². The zero-order valence-electron chi connectivity index (χ0n) is 14.8. The Morgan fingerprint density at radius 3 is 2.73 bits per heavy atom. The number of thiophene rings is 2. The molecule has 1 atom stereocenters. The van der Waals surface area contributed by atoms with Gasteiger partial charge in [-0.1, -0.05) is 12.1 Å². The van der Waals surface area contributed by atoms with E-state index in [1.807, 2.05) is 35.9 Å². The van der Waals surface area contributed by atoms with Crippen molar-refractivity contribution in [3.05, 3.63) is 74.4 Å². The van der Waals surface area contributed by atoms with Gasteiger partial charge < -0.3 is 0 Å². The summed E-state index contributed by atoms with van der Waals surface area (Å²) >= 11 is 3.35. The van der Waals surface area contributed by atoms with E-state index in [9.17, 15) is 4.79 Å². The second-order valence-corrected chi connectivity index (χ2v) is 8.33. The number of amides is 1. The molecule has 0 N–H and O–H groups in total. The number of hydrazone groups is 1. The van der Waals surface area contributed by atoms with E-state index in [-0.39, 0.29) is 11.9 Å². The quantitative estimate of drug-likeness (QED) is 0.626. The van der Waals surface area contributed by atoms with Crippen LogP contribution in [0.1, 0.15) is 33.5 Å². The van der Waals surface area contributed by atoms with Crippen LogP contribution < -0.4 is 4.57 Å². The Balaban J connectivity index is 1.64. The Morgan fingerprint density at radius 1 is 1.19 bits per heavy atom. The third-order valence-corrected chi connectivity index (χ3v) is 6.65. The highest BCUT2D eigenvalue weighted by molar-refractivity contribution is 7.12. The lowest BCUT2D eigenvalue weighted by molar-refractivity contribution is -0.691. The fraction of sp³-hybridized carbons (Fsp3) is 0.250. The van der Waals surface area contributed by atoms with Crippen LogP contribution in [-0.2, 0) is 11.3 Å². The van der Waals surface area contributed by atoms with Gasteiger partial charge in [-0.05, 0) is 35.9 Å². The molecule has 1 aliphatic heterocycles. The molecule has 0 saturated carbocycles. The molecule has 0 aromatic carbocycles. The number of pyridine rings is 1. The summed E-state index contributed by atoms with van der Waals surface area (Å²) in [6.45, 7) is 4.41. The van der Waals surface area contributed by atoms with Crippen LogP contribution in [0.3, 0.4) is 0 Å². The average molecular weight is 383 g/mol. The number of aromatic nitrogens is 1. The topological polar surface area (TPSA) is 36.5 Å². The SMILES string of the molecule is Cc1ccc[n+](CC(=O)N2N=C(c3cccs3)C[C@@H]2c2cccs2)c1C. The van der Waals surface area contributed by atoms with E-state index in [1.54, 1.807) is 27.7 Å². The molecule has 0 spiro atoms. The van der Waals surface area contributed by atoms with Crippen molar-refractivity contribution in [3.63, 3.8) is 0 Å². The maximum Gasteiger partial charge on any atom is 0.309 e. The highest BCUT2D eigenvalue weighted by Crippen LogP contribution is 2.35. The second-order valence-electron chi connectivity index (χ2n) is 6.40. The van der Waals surface area contributed by atoms with Gasteiger partial charge in [-0.15, -0.1) is 22.7 Å². The van der Waals surface area contributed by atoms with Crippen molar-refractivity contribution < 1.29 is 9.36 Å². The number of carbonyl (C=O) groups excluding carboxylic acids is 1. The van der Waals surface area contributed by atoms with E-state index in [2.05, 4.69) is 35.9 Å². The Hall–Kier alpha value is -2.31. The fourth-order valence-electron chi connectivity index (χ4n) is 3.17. The van der Waals surface area contributed by atoms with Crippen LogP contribution in [0.15, 0.2) is 58.5 Å². The van der Waals surface area contributed by atoms with Gasteiger partial charge in [-0.3, -0.25) is 4.79 Å². The summed E-state index contributed by atoms with van der Waals surface area (Å²) in [5.74, 6) is 0.0219. The number of rotatable bonds is 4. The molecule has 0 saturated heterocycles. The van der Waals surface area contributed by atoms with Gasteiger partial charge >= 0.3 is 5.91 Å². The van der Waals surface area contributed by atoms with E-state index >= 15 is 0 Å². The largest absolute Gasteiger partial charge is 0.309 e. The van der Waals surface area contributed by atoms with E-state index in [4.69, 9.17) is 5.10 Å². The maximum absolute atomic E-state index is 13.1.